The van der Waals surface area contributed by atoms with E-state index in [-0.39, 0.29) is 0 Å². The first-order chi connectivity index (χ1) is 9.54. The van der Waals surface area contributed by atoms with Crippen molar-refractivity contribution in [2.45, 2.75) is 13.8 Å². The van der Waals surface area contributed by atoms with Crippen molar-refractivity contribution in [3.05, 3.63) is 53.1 Å². The first-order valence-electron chi connectivity index (χ1n) is 6.42. The van der Waals surface area contributed by atoms with Gasteiger partial charge in [0.2, 0.25) is 5.91 Å². The minimum Gasteiger partial charge on any atom is -0.366 e. The Hall–Kier alpha value is -2.62. The summed E-state index contributed by atoms with van der Waals surface area (Å²) in [4.78, 5) is 19.0. The molecular formula is C16H15N3O. The topological polar surface area (TPSA) is 71.8 Å². The molecule has 0 aliphatic carbocycles. The fraction of sp³-hybridized carbons (Fsp3) is 0.125. The van der Waals surface area contributed by atoms with Crippen molar-refractivity contribution in [3.63, 3.8) is 0 Å². The van der Waals surface area contributed by atoms with E-state index in [1.165, 1.54) is 11.1 Å². The molecule has 1 amide bonds. The molecule has 3 N–H and O–H groups in total. The SMILES string of the molecule is Cc1ccc(-c2nc3ccc(C(N)=O)cc3[nH]2)cc1C. The number of fused-ring (bicyclic) bond motifs is 1. The van der Waals surface area contributed by atoms with Crippen molar-refractivity contribution in [2.24, 2.45) is 5.73 Å². The summed E-state index contributed by atoms with van der Waals surface area (Å²) in [5, 5.41) is 0. The fourth-order valence-electron chi connectivity index (χ4n) is 2.19. The summed E-state index contributed by atoms with van der Waals surface area (Å²) in [6, 6.07) is 11.4. The van der Waals surface area contributed by atoms with Gasteiger partial charge in [0.05, 0.1) is 11.0 Å². The maximum absolute atomic E-state index is 11.2. The van der Waals surface area contributed by atoms with Crippen LogP contribution in [0.15, 0.2) is 36.4 Å². The van der Waals surface area contributed by atoms with E-state index in [0.717, 1.165) is 22.4 Å². The van der Waals surface area contributed by atoms with E-state index in [9.17, 15) is 4.79 Å². The number of nitrogens with two attached hydrogens (primary N) is 1. The lowest BCUT2D eigenvalue weighted by atomic mass is 10.1. The number of hydrogen-bond acceptors (Lipinski definition) is 2. The Balaban J connectivity index is 2.12. The van der Waals surface area contributed by atoms with Crippen molar-refractivity contribution >= 4 is 16.9 Å². The molecular weight excluding hydrogens is 250 g/mol. The Labute approximate surface area is 116 Å². The summed E-state index contributed by atoms with van der Waals surface area (Å²) < 4.78 is 0. The van der Waals surface area contributed by atoms with Gasteiger partial charge in [0.15, 0.2) is 0 Å². The molecule has 3 aromatic rings. The number of carbonyl (C=O) groups excluding carboxylic acids is 1. The molecule has 0 saturated heterocycles. The summed E-state index contributed by atoms with van der Waals surface area (Å²) in [6.07, 6.45) is 0. The molecule has 0 radical (unpaired) electrons. The number of carbonyl (C=O) groups is 1. The normalized spacial score (nSPS) is 10.9. The Kier molecular flexibility index (Phi) is 2.79. The molecule has 0 aliphatic rings. The van der Waals surface area contributed by atoms with Gasteiger partial charge in [-0.05, 0) is 49.2 Å². The van der Waals surface area contributed by atoms with Crippen LogP contribution in [0.4, 0.5) is 0 Å². The summed E-state index contributed by atoms with van der Waals surface area (Å²) in [5.74, 6) is 0.360. The molecule has 3 rings (SSSR count). The molecule has 0 atom stereocenters. The van der Waals surface area contributed by atoms with Gasteiger partial charge < -0.3 is 10.7 Å². The molecule has 0 fully saturated rings. The van der Waals surface area contributed by atoms with E-state index < -0.39 is 5.91 Å². The molecule has 1 heterocycles. The third kappa shape index (κ3) is 2.05. The third-order valence-corrected chi connectivity index (χ3v) is 3.55. The van der Waals surface area contributed by atoms with Crippen molar-refractivity contribution in [1.29, 1.82) is 0 Å². The Morgan fingerprint density at radius 2 is 1.90 bits per heavy atom. The van der Waals surface area contributed by atoms with Gasteiger partial charge in [0.1, 0.15) is 5.82 Å². The van der Waals surface area contributed by atoms with E-state index >= 15 is 0 Å². The lowest BCUT2D eigenvalue weighted by molar-refractivity contribution is 0.100. The predicted octanol–water partition coefficient (Wildman–Crippen LogP) is 2.95. The molecule has 4 nitrogen and oxygen atoms in total. The highest BCUT2D eigenvalue weighted by Crippen LogP contribution is 2.23. The van der Waals surface area contributed by atoms with Crippen LogP contribution in [0.3, 0.4) is 0 Å². The van der Waals surface area contributed by atoms with Gasteiger partial charge in [-0.25, -0.2) is 4.98 Å². The van der Waals surface area contributed by atoms with Crippen molar-refractivity contribution in [1.82, 2.24) is 9.97 Å². The number of hydrogen-bond donors (Lipinski definition) is 2. The monoisotopic (exact) mass is 265 g/mol. The number of aromatic amines is 1. The van der Waals surface area contributed by atoms with Gasteiger partial charge >= 0.3 is 0 Å². The zero-order chi connectivity index (χ0) is 14.3. The molecule has 100 valence electrons. The predicted molar refractivity (Wildman–Crippen MR) is 79.5 cm³/mol. The van der Waals surface area contributed by atoms with Crippen LogP contribution < -0.4 is 5.73 Å². The number of rotatable bonds is 2. The molecule has 0 aliphatic heterocycles. The fourth-order valence-corrected chi connectivity index (χ4v) is 2.19. The third-order valence-electron chi connectivity index (χ3n) is 3.55. The zero-order valence-corrected chi connectivity index (χ0v) is 11.4. The van der Waals surface area contributed by atoms with Gasteiger partial charge in [0.25, 0.3) is 0 Å². The summed E-state index contributed by atoms with van der Waals surface area (Å²) in [6.45, 7) is 4.16. The first-order valence-corrected chi connectivity index (χ1v) is 6.42. The average Bonchev–Trinajstić information content (AvgIpc) is 2.84. The van der Waals surface area contributed by atoms with Crippen LogP contribution in [0, 0.1) is 13.8 Å². The summed E-state index contributed by atoms with van der Waals surface area (Å²) in [5.41, 5.74) is 10.9. The second-order valence-corrected chi connectivity index (χ2v) is 4.98. The molecule has 0 saturated carbocycles. The van der Waals surface area contributed by atoms with Gasteiger partial charge in [-0.2, -0.15) is 0 Å². The van der Waals surface area contributed by atoms with E-state index in [1.54, 1.807) is 18.2 Å². The minimum atomic E-state index is -0.436. The largest absolute Gasteiger partial charge is 0.366 e. The number of H-pyrrole nitrogens is 1. The highest BCUT2D eigenvalue weighted by molar-refractivity contribution is 5.96. The van der Waals surface area contributed by atoms with Crippen LogP contribution in [0.1, 0.15) is 21.5 Å². The summed E-state index contributed by atoms with van der Waals surface area (Å²) in [7, 11) is 0. The Bertz CT molecular complexity index is 818. The van der Waals surface area contributed by atoms with Crippen LogP contribution in [-0.2, 0) is 0 Å². The van der Waals surface area contributed by atoms with E-state index in [0.29, 0.717) is 5.56 Å². The van der Waals surface area contributed by atoms with Crippen LogP contribution in [0.2, 0.25) is 0 Å². The number of imidazole rings is 1. The number of nitrogens with one attached hydrogen (secondary N) is 1. The quantitative estimate of drug-likeness (QED) is 0.747. The van der Waals surface area contributed by atoms with Gasteiger partial charge in [0, 0.05) is 11.1 Å². The Morgan fingerprint density at radius 3 is 2.60 bits per heavy atom. The van der Waals surface area contributed by atoms with Crippen LogP contribution in [0.25, 0.3) is 22.4 Å². The highest BCUT2D eigenvalue weighted by atomic mass is 16.1. The maximum Gasteiger partial charge on any atom is 0.248 e. The molecule has 0 spiro atoms. The van der Waals surface area contributed by atoms with Gasteiger partial charge in [-0.1, -0.05) is 12.1 Å². The molecule has 4 heteroatoms. The van der Waals surface area contributed by atoms with Crippen molar-refractivity contribution < 1.29 is 4.79 Å². The standard InChI is InChI=1S/C16H15N3O/c1-9-3-4-12(7-10(9)2)16-18-13-6-5-11(15(17)20)8-14(13)19-16/h3-8H,1-2H3,(H2,17,20)(H,18,19). The average molecular weight is 265 g/mol. The number of aromatic nitrogens is 2. The molecule has 20 heavy (non-hydrogen) atoms. The number of aryl methyl sites for hydroxylation is 2. The summed E-state index contributed by atoms with van der Waals surface area (Å²) >= 11 is 0. The number of nitrogens with zero attached hydrogens (tertiary/aromatic N) is 1. The molecule has 2 aromatic carbocycles. The first kappa shape index (κ1) is 12.4. The second-order valence-electron chi connectivity index (χ2n) is 4.98. The number of benzene rings is 2. The number of amides is 1. The van der Waals surface area contributed by atoms with Crippen LogP contribution >= 0.6 is 0 Å². The zero-order valence-electron chi connectivity index (χ0n) is 11.4. The van der Waals surface area contributed by atoms with Gasteiger partial charge in [-0.3, -0.25) is 4.79 Å². The maximum atomic E-state index is 11.2. The molecule has 1 aromatic heterocycles. The second kappa shape index (κ2) is 4.49. The minimum absolute atomic E-state index is 0.436. The van der Waals surface area contributed by atoms with Crippen LogP contribution in [-0.4, -0.2) is 15.9 Å². The van der Waals surface area contributed by atoms with E-state index in [2.05, 4.69) is 35.9 Å². The number of primary amides is 1. The highest BCUT2D eigenvalue weighted by Gasteiger charge is 2.08. The van der Waals surface area contributed by atoms with Crippen molar-refractivity contribution in [3.8, 4) is 11.4 Å². The Morgan fingerprint density at radius 1 is 1.10 bits per heavy atom. The lowest BCUT2D eigenvalue weighted by Gasteiger charge is -2.02. The van der Waals surface area contributed by atoms with Gasteiger partial charge in [-0.15, -0.1) is 0 Å². The molecule has 0 bridgehead atoms. The lowest BCUT2D eigenvalue weighted by Crippen LogP contribution is -2.10. The van der Waals surface area contributed by atoms with E-state index in [1.807, 2.05) is 6.07 Å². The molecule has 0 unspecified atom stereocenters. The van der Waals surface area contributed by atoms with E-state index in [4.69, 9.17) is 5.73 Å². The smallest absolute Gasteiger partial charge is 0.248 e. The van der Waals surface area contributed by atoms with Crippen LogP contribution in [0.5, 0.6) is 0 Å². The van der Waals surface area contributed by atoms with Crippen molar-refractivity contribution in [2.75, 3.05) is 0 Å².